The molecule has 0 radical (unpaired) electrons. The van der Waals surface area contributed by atoms with E-state index in [4.69, 9.17) is 9.47 Å². The lowest BCUT2D eigenvalue weighted by molar-refractivity contribution is -0.150. The Morgan fingerprint density at radius 3 is 2.21 bits per heavy atom. The molecule has 1 saturated carbocycles. The van der Waals surface area contributed by atoms with Crippen LogP contribution in [0.5, 0.6) is 0 Å². The number of rotatable bonds is 9. The van der Waals surface area contributed by atoms with Crippen molar-refractivity contribution in [2.75, 3.05) is 20.3 Å². The molecule has 0 aromatic rings. The lowest BCUT2D eigenvalue weighted by atomic mass is 9.81. The number of hydrogen-bond donors (Lipinski definition) is 0. The van der Waals surface area contributed by atoms with Gasteiger partial charge in [-0.1, -0.05) is 19.8 Å². The summed E-state index contributed by atoms with van der Waals surface area (Å²) in [6.07, 6.45) is 10.1. The van der Waals surface area contributed by atoms with Crippen molar-refractivity contribution in [2.24, 2.45) is 11.8 Å². The third-order valence-electron chi connectivity index (χ3n) is 4.24. The standard InChI is InChI=1S/C16H30O3/c1-3-14-8-10-15(11-9-14)16(17)19-13-7-5-4-6-12-18-2/h14-15H,3-13H2,1-2H3. The summed E-state index contributed by atoms with van der Waals surface area (Å²) in [5.41, 5.74) is 0. The largest absolute Gasteiger partial charge is 0.465 e. The van der Waals surface area contributed by atoms with Gasteiger partial charge in [-0.05, 0) is 50.9 Å². The Labute approximate surface area is 118 Å². The van der Waals surface area contributed by atoms with Crippen LogP contribution in [-0.4, -0.2) is 26.3 Å². The molecule has 19 heavy (non-hydrogen) atoms. The van der Waals surface area contributed by atoms with Crippen molar-refractivity contribution in [3.8, 4) is 0 Å². The molecule has 3 nitrogen and oxygen atoms in total. The van der Waals surface area contributed by atoms with E-state index in [0.29, 0.717) is 6.61 Å². The Hall–Kier alpha value is -0.570. The van der Waals surface area contributed by atoms with Gasteiger partial charge in [0.25, 0.3) is 0 Å². The van der Waals surface area contributed by atoms with Crippen LogP contribution in [0.2, 0.25) is 0 Å². The zero-order valence-corrected chi connectivity index (χ0v) is 12.7. The average molecular weight is 270 g/mol. The molecule has 0 aromatic carbocycles. The van der Waals surface area contributed by atoms with E-state index in [1.807, 2.05) is 0 Å². The van der Waals surface area contributed by atoms with Crippen LogP contribution in [0.15, 0.2) is 0 Å². The fourth-order valence-electron chi connectivity index (χ4n) is 2.80. The third-order valence-corrected chi connectivity index (χ3v) is 4.24. The van der Waals surface area contributed by atoms with Crippen molar-refractivity contribution in [3.63, 3.8) is 0 Å². The van der Waals surface area contributed by atoms with Gasteiger partial charge >= 0.3 is 5.97 Å². The number of esters is 1. The molecule has 0 bridgehead atoms. The van der Waals surface area contributed by atoms with E-state index >= 15 is 0 Å². The van der Waals surface area contributed by atoms with E-state index in [1.165, 1.54) is 19.3 Å². The summed E-state index contributed by atoms with van der Waals surface area (Å²) in [6, 6.07) is 0. The predicted octanol–water partition coefficient (Wildman–Crippen LogP) is 3.95. The Morgan fingerprint density at radius 2 is 1.63 bits per heavy atom. The first-order valence-electron chi connectivity index (χ1n) is 7.93. The van der Waals surface area contributed by atoms with Crippen LogP contribution in [0.1, 0.15) is 64.7 Å². The summed E-state index contributed by atoms with van der Waals surface area (Å²) in [6.45, 7) is 3.67. The van der Waals surface area contributed by atoms with Crippen LogP contribution in [0, 0.1) is 11.8 Å². The van der Waals surface area contributed by atoms with Crippen LogP contribution in [0.25, 0.3) is 0 Å². The molecule has 0 aromatic heterocycles. The summed E-state index contributed by atoms with van der Waals surface area (Å²) >= 11 is 0. The Bertz CT molecular complexity index is 232. The predicted molar refractivity (Wildman–Crippen MR) is 77.0 cm³/mol. The van der Waals surface area contributed by atoms with Gasteiger partial charge in [0.1, 0.15) is 0 Å². The van der Waals surface area contributed by atoms with Gasteiger partial charge in [0.2, 0.25) is 0 Å². The van der Waals surface area contributed by atoms with Gasteiger partial charge in [-0.3, -0.25) is 4.79 Å². The zero-order chi connectivity index (χ0) is 13.9. The lowest BCUT2D eigenvalue weighted by Gasteiger charge is -2.26. The summed E-state index contributed by atoms with van der Waals surface area (Å²) < 4.78 is 10.4. The summed E-state index contributed by atoms with van der Waals surface area (Å²) in [7, 11) is 1.73. The van der Waals surface area contributed by atoms with Gasteiger partial charge in [-0.2, -0.15) is 0 Å². The second-order valence-corrected chi connectivity index (χ2v) is 5.70. The minimum atomic E-state index is 0.0476. The highest BCUT2D eigenvalue weighted by Gasteiger charge is 2.26. The quantitative estimate of drug-likeness (QED) is 0.470. The molecule has 3 heteroatoms. The van der Waals surface area contributed by atoms with Crippen LogP contribution >= 0.6 is 0 Å². The number of ether oxygens (including phenoxy) is 2. The van der Waals surface area contributed by atoms with Crippen molar-refractivity contribution in [1.82, 2.24) is 0 Å². The molecule has 1 aliphatic carbocycles. The Balaban J connectivity index is 1.99. The number of unbranched alkanes of at least 4 members (excludes halogenated alkanes) is 3. The van der Waals surface area contributed by atoms with Crippen LogP contribution in [0.4, 0.5) is 0 Å². The first kappa shape index (κ1) is 16.5. The number of carbonyl (C=O) groups is 1. The van der Waals surface area contributed by atoms with Gasteiger partial charge in [-0.15, -0.1) is 0 Å². The molecular weight excluding hydrogens is 240 g/mol. The number of carbonyl (C=O) groups excluding carboxylic acids is 1. The second kappa shape index (κ2) is 10.2. The molecule has 0 spiro atoms. The van der Waals surface area contributed by atoms with E-state index in [2.05, 4.69) is 6.92 Å². The van der Waals surface area contributed by atoms with E-state index in [9.17, 15) is 4.79 Å². The molecule has 1 aliphatic rings. The fourth-order valence-corrected chi connectivity index (χ4v) is 2.80. The maximum absolute atomic E-state index is 11.9. The smallest absolute Gasteiger partial charge is 0.308 e. The Kier molecular flexibility index (Phi) is 8.89. The summed E-state index contributed by atoms with van der Waals surface area (Å²) in [4.78, 5) is 11.9. The summed E-state index contributed by atoms with van der Waals surface area (Å²) in [5, 5.41) is 0. The highest BCUT2D eigenvalue weighted by atomic mass is 16.5. The summed E-state index contributed by atoms with van der Waals surface area (Å²) in [5.74, 6) is 1.06. The van der Waals surface area contributed by atoms with Crippen LogP contribution < -0.4 is 0 Å². The van der Waals surface area contributed by atoms with E-state index < -0.39 is 0 Å². The van der Waals surface area contributed by atoms with Crippen LogP contribution in [-0.2, 0) is 14.3 Å². The highest BCUT2D eigenvalue weighted by molar-refractivity contribution is 5.72. The topological polar surface area (TPSA) is 35.5 Å². The van der Waals surface area contributed by atoms with Gasteiger partial charge in [-0.25, -0.2) is 0 Å². The van der Waals surface area contributed by atoms with E-state index in [1.54, 1.807) is 7.11 Å². The van der Waals surface area contributed by atoms with Gasteiger partial charge in [0, 0.05) is 13.7 Å². The molecule has 0 saturated heterocycles. The van der Waals surface area contributed by atoms with Crippen molar-refractivity contribution in [3.05, 3.63) is 0 Å². The van der Waals surface area contributed by atoms with Gasteiger partial charge in [0.15, 0.2) is 0 Å². The molecule has 0 amide bonds. The average Bonchev–Trinajstić information content (AvgIpc) is 2.46. The minimum Gasteiger partial charge on any atom is -0.465 e. The maximum Gasteiger partial charge on any atom is 0.308 e. The van der Waals surface area contributed by atoms with E-state index in [-0.39, 0.29) is 11.9 Å². The Morgan fingerprint density at radius 1 is 1.00 bits per heavy atom. The maximum atomic E-state index is 11.9. The molecule has 1 rings (SSSR count). The molecular formula is C16H30O3. The van der Waals surface area contributed by atoms with Gasteiger partial charge < -0.3 is 9.47 Å². The first-order chi connectivity index (χ1) is 9.27. The van der Waals surface area contributed by atoms with Crippen molar-refractivity contribution in [1.29, 1.82) is 0 Å². The number of methoxy groups -OCH3 is 1. The second-order valence-electron chi connectivity index (χ2n) is 5.70. The normalized spacial score (nSPS) is 23.3. The number of hydrogen-bond acceptors (Lipinski definition) is 3. The highest BCUT2D eigenvalue weighted by Crippen LogP contribution is 2.31. The van der Waals surface area contributed by atoms with Crippen molar-refractivity contribution < 1.29 is 14.3 Å². The monoisotopic (exact) mass is 270 g/mol. The third kappa shape index (κ3) is 6.95. The first-order valence-corrected chi connectivity index (χ1v) is 7.93. The van der Waals surface area contributed by atoms with Crippen molar-refractivity contribution >= 4 is 5.97 Å². The van der Waals surface area contributed by atoms with Crippen LogP contribution in [0.3, 0.4) is 0 Å². The van der Waals surface area contributed by atoms with Crippen molar-refractivity contribution in [2.45, 2.75) is 64.7 Å². The molecule has 0 unspecified atom stereocenters. The minimum absolute atomic E-state index is 0.0476. The molecule has 1 fully saturated rings. The fraction of sp³-hybridized carbons (Fsp3) is 0.938. The molecule has 0 heterocycles. The molecule has 0 aliphatic heterocycles. The van der Waals surface area contributed by atoms with Gasteiger partial charge in [0.05, 0.1) is 12.5 Å². The SMILES string of the molecule is CCC1CCC(C(=O)OCCCCCCOC)CC1. The lowest BCUT2D eigenvalue weighted by Crippen LogP contribution is -2.23. The zero-order valence-electron chi connectivity index (χ0n) is 12.7. The molecule has 0 N–H and O–H groups in total. The van der Waals surface area contributed by atoms with E-state index in [0.717, 1.165) is 51.0 Å². The molecule has 112 valence electrons. The molecule has 0 atom stereocenters.